The summed E-state index contributed by atoms with van der Waals surface area (Å²) in [6.07, 6.45) is 4.83. The monoisotopic (exact) mass is 275 g/mol. The Morgan fingerprint density at radius 2 is 1.95 bits per heavy atom. The first-order chi connectivity index (χ1) is 9.71. The quantitative estimate of drug-likeness (QED) is 0.918. The van der Waals surface area contributed by atoms with Gasteiger partial charge in [0.1, 0.15) is 0 Å². The summed E-state index contributed by atoms with van der Waals surface area (Å²) >= 11 is 0. The second kappa shape index (κ2) is 5.35. The van der Waals surface area contributed by atoms with Gasteiger partial charge in [0.05, 0.1) is 14.2 Å². The lowest BCUT2D eigenvalue weighted by Gasteiger charge is -2.21. The molecule has 2 fully saturated rings. The van der Waals surface area contributed by atoms with Gasteiger partial charge in [0, 0.05) is 17.7 Å². The molecule has 3 rings (SSSR count). The number of carbonyl (C=O) groups excluding carboxylic acids is 1. The van der Waals surface area contributed by atoms with E-state index in [-0.39, 0.29) is 11.8 Å². The van der Waals surface area contributed by atoms with E-state index in [2.05, 4.69) is 5.32 Å². The molecule has 3 atom stereocenters. The maximum Gasteiger partial charge on any atom is 0.227 e. The highest BCUT2D eigenvalue weighted by Gasteiger charge is 2.43. The molecule has 0 aliphatic heterocycles. The van der Waals surface area contributed by atoms with Gasteiger partial charge >= 0.3 is 0 Å². The van der Waals surface area contributed by atoms with Crippen molar-refractivity contribution in [2.75, 3.05) is 19.5 Å². The Morgan fingerprint density at radius 1 is 1.15 bits per heavy atom. The fraction of sp³-hybridized carbons (Fsp3) is 0.562. The first-order valence-corrected chi connectivity index (χ1v) is 7.24. The van der Waals surface area contributed by atoms with Crippen LogP contribution in [0.2, 0.25) is 0 Å². The van der Waals surface area contributed by atoms with E-state index in [9.17, 15) is 4.79 Å². The number of benzene rings is 1. The van der Waals surface area contributed by atoms with Crippen molar-refractivity contribution in [2.24, 2.45) is 17.8 Å². The summed E-state index contributed by atoms with van der Waals surface area (Å²) in [5, 5.41) is 3.02. The highest BCUT2D eigenvalue weighted by atomic mass is 16.5. The Hall–Kier alpha value is -1.71. The largest absolute Gasteiger partial charge is 0.493 e. The minimum atomic E-state index is 0.157. The molecule has 0 radical (unpaired) electrons. The fourth-order valence-corrected chi connectivity index (χ4v) is 3.71. The molecule has 2 aliphatic rings. The van der Waals surface area contributed by atoms with Crippen molar-refractivity contribution in [2.45, 2.75) is 25.7 Å². The summed E-state index contributed by atoms with van der Waals surface area (Å²) in [6.45, 7) is 0. The van der Waals surface area contributed by atoms with Crippen LogP contribution in [0.15, 0.2) is 18.2 Å². The predicted octanol–water partition coefficient (Wildman–Crippen LogP) is 3.08. The van der Waals surface area contributed by atoms with Crippen molar-refractivity contribution in [3.8, 4) is 11.5 Å². The first-order valence-electron chi connectivity index (χ1n) is 7.24. The van der Waals surface area contributed by atoms with Crippen LogP contribution >= 0.6 is 0 Å². The molecule has 3 unspecified atom stereocenters. The minimum Gasteiger partial charge on any atom is -0.493 e. The van der Waals surface area contributed by atoms with E-state index in [4.69, 9.17) is 9.47 Å². The highest BCUT2D eigenvalue weighted by Crippen LogP contribution is 2.48. The molecule has 1 amide bonds. The van der Waals surface area contributed by atoms with Crippen molar-refractivity contribution in [1.82, 2.24) is 0 Å². The number of carbonyl (C=O) groups is 1. The van der Waals surface area contributed by atoms with E-state index in [1.54, 1.807) is 14.2 Å². The van der Waals surface area contributed by atoms with Gasteiger partial charge < -0.3 is 14.8 Å². The molecule has 1 aromatic rings. The molecule has 0 spiro atoms. The average Bonchev–Trinajstić information content (AvgIpc) is 3.09. The van der Waals surface area contributed by atoms with Gasteiger partial charge in [-0.25, -0.2) is 0 Å². The third-order valence-electron chi connectivity index (χ3n) is 4.73. The molecule has 0 heterocycles. The van der Waals surface area contributed by atoms with E-state index in [0.717, 1.165) is 18.0 Å². The maximum atomic E-state index is 12.4. The molecule has 2 saturated carbocycles. The van der Waals surface area contributed by atoms with Crippen molar-refractivity contribution in [3.05, 3.63) is 18.2 Å². The number of nitrogens with one attached hydrogen (secondary N) is 1. The Balaban J connectivity index is 1.70. The van der Waals surface area contributed by atoms with Gasteiger partial charge in [-0.05, 0) is 43.2 Å². The van der Waals surface area contributed by atoms with Crippen LogP contribution in [0.4, 0.5) is 5.69 Å². The lowest BCUT2D eigenvalue weighted by Crippen LogP contribution is -2.27. The number of methoxy groups -OCH3 is 2. The molecule has 108 valence electrons. The van der Waals surface area contributed by atoms with Gasteiger partial charge in [0.15, 0.2) is 11.5 Å². The Labute approximate surface area is 119 Å². The topological polar surface area (TPSA) is 47.6 Å². The molecule has 4 nitrogen and oxygen atoms in total. The summed E-state index contributed by atoms with van der Waals surface area (Å²) in [4.78, 5) is 12.4. The number of anilines is 1. The zero-order chi connectivity index (χ0) is 14.1. The third-order valence-corrected chi connectivity index (χ3v) is 4.73. The Bertz CT molecular complexity index is 514. The molecular formula is C16H21NO3. The number of rotatable bonds is 4. The molecular weight excluding hydrogens is 254 g/mol. The van der Waals surface area contributed by atoms with Crippen LogP contribution in [-0.2, 0) is 4.79 Å². The number of amides is 1. The lowest BCUT2D eigenvalue weighted by atomic mass is 9.88. The number of fused-ring (bicyclic) bond motifs is 2. The molecule has 1 aromatic carbocycles. The van der Waals surface area contributed by atoms with Gasteiger partial charge in [-0.2, -0.15) is 0 Å². The van der Waals surface area contributed by atoms with Gasteiger partial charge in [-0.1, -0.05) is 6.42 Å². The smallest absolute Gasteiger partial charge is 0.227 e. The van der Waals surface area contributed by atoms with E-state index in [1.165, 1.54) is 19.3 Å². The van der Waals surface area contributed by atoms with Gasteiger partial charge in [-0.15, -0.1) is 0 Å². The second-order valence-electron chi connectivity index (χ2n) is 5.84. The Morgan fingerprint density at radius 3 is 2.55 bits per heavy atom. The van der Waals surface area contributed by atoms with Crippen molar-refractivity contribution < 1.29 is 14.3 Å². The standard InChI is InChI=1S/C16H21NO3/c1-19-14-6-5-12(9-15(14)20-2)17-16(18)13-8-10-3-4-11(13)7-10/h5-6,9-11,13H,3-4,7-8H2,1-2H3,(H,17,18). The van der Waals surface area contributed by atoms with Crippen LogP contribution in [0.5, 0.6) is 11.5 Å². The molecule has 0 saturated heterocycles. The van der Waals surface area contributed by atoms with Crippen molar-refractivity contribution in [1.29, 1.82) is 0 Å². The van der Waals surface area contributed by atoms with Crippen molar-refractivity contribution in [3.63, 3.8) is 0 Å². The van der Waals surface area contributed by atoms with Crippen LogP contribution < -0.4 is 14.8 Å². The zero-order valence-corrected chi connectivity index (χ0v) is 12.0. The van der Waals surface area contributed by atoms with Gasteiger partial charge in [0.25, 0.3) is 0 Å². The summed E-state index contributed by atoms with van der Waals surface area (Å²) in [6, 6.07) is 5.48. The molecule has 1 N–H and O–H groups in total. The van der Waals surface area contributed by atoms with Crippen LogP contribution in [-0.4, -0.2) is 20.1 Å². The van der Waals surface area contributed by atoms with Crippen LogP contribution in [0.3, 0.4) is 0 Å². The van der Waals surface area contributed by atoms with Gasteiger partial charge in [-0.3, -0.25) is 4.79 Å². The van der Waals surface area contributed by atoms with E-state index < -0.39 is 0 Å². The highest BCUT2D eigenvalue weighted by molar-refractivity contribution is 5.93. The van der Waals surface area contributed by atoms with Crippen LogP contribution in [0.25, 0.3) is 0 Å². The average molecular weight is 275 g/mol. The molecule has 4 heteroatoms. The predicted molar refractivity (Wildman–Crippen MR) is 77.1 cm³/mol. The fourth-order valence-electron chi connectivity index (χ4n) is 3.71. The Kier molecular flexibility index (Phi) is 3.55. The second-order valence-corrected chi connectivity index (χ2v) is 5.84. The molecule has 0 aromatic heterocycles. The van der Waals surface area contributed by atoms with Crippen LogP contribution in [0.1, 0.15) is 25.7 Å². The van der Waals surface area contributed by atoms with E-state index in [0.29, 0.717) is 17.4 Å². The molecule has 2 bridgehead atoms. The molecule has 20 heavy (non-hydrogen) atoms. The van der Waals surface area contributed by atoms with E-state index >= 15 is 0 Å². The third kappa shape index (κ3) is 2.35. The van der Waals surface area contributed by atoms with E-state index in [1.807, 2.05) is 18.2 Å². The summed E-state index contributed by atoms with van der Waals surface area (Å²) in [5.74, 6) is 3.04. The number of ether oxygens (including phenoxy) is 2. The van der Waals surface area contributed by atoms with Crippen molar-refractivity contribution >= 4 is 11.6 Å². The SMILES string of the molecule is COc1ccc(NC(=O)C2CC3CCC2C3)cc1OC. The zero-order valence-electron chi connectivity index (χ0n) is 12.0. The minimum absolute atomic E-state index is 0.157. The summed E-state index contributed by atoms with van der Waals surface area (Å²) in [7, 11) is 3.20. The maximum absolute atomic E-state index is 12.4. The first kappa shape index (κ1) is 13.3. The summed E-state index contributed by atoms with van der Waals surface area (Å²) in [5.41, 5.74) is 0.774. The number of hydrogen-bond acceptors (Lipinski definition) is 3. The summed E-state index contributed by atoms with van der Waals surface area (Å²) < 4.78 is 10.5. The van der Waals surface area contributed by atoms with Gasteiger partial charge in [0.2, 0.25) is 5.91 Å². The number of hydrogen-bond donors (Lipinski definition) is 1. The normalized spacial score (nSPS) is 27.4. The van der Waals surface area contributed by atoms with Crippen LogP contribution in [0, 0.1) is 17.8 Å². The molecule has 2 aliphatic carbocycles. The lowest BCUT2D eigenvalue weighted by molar-refractivity contribution is -0.121.